The quantitative estimate of drug-likeness (QED) is 0.300. The third-order valence-electron chi connectivity index (χ3n) is 3.49. The molecule has 1 heterocycles. The third-order valence-corrected chi connectivity index (χ3v) is 3.49. The first kappa shape index (κ1) is 19.7. The minimum absolute atomic E-state index is 0.461. The molecule has 0 aromatic rings. The van der Waals surface area contributed by atoms with Gasteiger partial charge < -0.3 is 39.7 Å². The number of aliphatic hydroxyl groups is 5. The fraction of sp³-hybridized carbons (Fsp3) is 0.846. The molecule has 10 nitrogen and oxygen atoms in total. The van der Waals surface area contributed by atoms with Crippen LogP contribution in [0.3, 0.4) is 0 Å². The van der Waals surface area contributed by atoms with E-state index in [1.54, 1.807) is 0 Å². The molecule has 1 rings (SSSR count). The van der Waals surface area contributed by atoms with Gasteiger partial charge in [0.1, 0.15) is 30.3 Å². The highest BCUT2D eigenvalue weighted by molar-refractivity contribution is 5.77. The molecule has 6 atom stereocenters. The van der Waals surface area contributed by atoms with E-state index >= 15 is 0 Å². The molecule has 134 valence electrons. The molecule has 1 fully saturated rings. The molecule has 10 heteroatoms. The summed E-state index contributed by atoms with van der Waals surface area (Å²) in [6.45, 7) is 0.481. The fourth-order valence-corrected chi connectivity index (χ4v) is 1.92. The number of carbonyl (C=O) groups is 2. The maximum Gasteiger partial charge on any atom is 0.318 e. The Bertz CT molecular complexity index is 427. The Kier molecular flexibility index (Phi) is 6.86. The lowest BCUT2D eigenvalue weighted by molar-refractivity contribution is -0.179. The van der Waals surface area contributed by atoms with Crippen LogP contribution in [0.25, 0.3) is 0 Å². The van der Waals surface area contributed by atoms with Crippen molar-refractivity contribution in [1.29, 1.82) is 0 Å². The van der Waals surface area contributed by atoms with Gasteiger partial charge in [-0.15, -0.1) is 0 Å². The van der Waals surface area contributed by atoms with Crippen LogP contribution in [0.15, 0.2) is 0 Å². The van der Waals surface area contributed by atoms with E-state index in [0.29, 0.717) is 0 Å². The predicted octanol–water partition coefficient (Wildman–Crippen LogP) is -3.11. The van der Waals surface area contributed by atoms with E-state index in [2.05, 4.69) is 0 Å². The highest BCUT2D eigenvalue weighted by Crippen LogP contribution is 2.28. The van der Waals surface area contributed by atoms with E-state index in [-0.39, 0.29) is 0 Å². The van der Waals surface area contributed by atoms with Gasteiger partial charge in [-0.25, -0.2) is 0 Å². The van der Waals surface area contributed by atoms with Gasteiger partial charge in [0.05, 0.1) is 13.2 Å². The summed E-state index contributed by atoms with van der Waals surface area (Å²) in [5.41, 5.74) is -1.60. The molecule has 0 bridgehead atoms. The Morgan fingerprint density at radius 2 is 1.91 bits per heavy atom. The van der Waals surface area contributed by atoms with Gasteiger partial charge in [-0.2, -0.15) is 0 Å². The Balaban J connectivity index is 2.84. The first-order valence-electron chi connectivity index (χ1n) is 6.92. The van der Waals surface area contributed by atoms with Gasteiger partial charge in [0.2, 0.25) is 0 Å². The zero-order valence-electron chi connectivity index (χ0n) is 12.8. The zero-order valence-corrected chi connectivity index (χ0v) is 12.8. The maximum absolute atomic E-state index is 12.2. The molecule has 0 aromatic carbocycles. The molecule has 0 amide bonds. The van der Waals surface area contributed by atoms with Crippen LogP contribution in [0.4, 0.5) is 0 Å². The molecule has 1 aliphatic rings. The average Bonchev–Trinajstić information content (AvgIpc) is 2.80. The van der Waals surface area contributed by atoms with Gasteiger partial charge in [0, 0.05) is 6.92 Å². The van der Waals surface area contributed by atoms with Crippen LogP contribution in [0.1, 0.15) is 13.8 Å². The second-order valence-corrected chi connectivity index (χ2v) is 5.60. The average molecular weight is 338 g/mol. The van der Waals surface area contributed by atoms with Crippen molar-refractivity contribution in [1.82, 2.24) is 0 Å². The lowest BCUT2D eigenvalue weighted by atomic mass is 9.93. The number of rotatable bonds is 7. The molecule has 1 saturated heterocycles. The minimum atomic E-state index is -1.71. The van der Waals surface area contributed by atoms with Crippen LogP contribution in [-0.2, 0) is 23.8 Å². The summed E-state index contributed by atoms with van der Waals surface area (Å²) in [6.07, 6.45) is -7.70. The highest BCUT2D eigenvalue weighted by atomic mass is 16.7. The van der Waals surface area contributed by atoms with Crippen molar-refractivity contribution >= 4 is 11.9 Å². The SMILES string of the molecule is CC(=O)OCC(C)(CO)C(=O)OC1C(O)C(O)OC1C(O)CO. The summed E-state index contributed by atoms with van der Waals surface area (Å²) in [5, 5.41) is 47.1. The molecule has 0 saturated carbocycles. The van der Waals surface area contributed by atoms with Crippen molar-refractivity contribution < 1.29 is 49.3 Å². The summed E-state index contributed by atoms with van der Waals surface area (Å²) >= 11 is 0. The maximum atomic E-state index is 12.2. The van der Waals surface area contributed by atoms with Crippen molar-refractivity contribution in [3.8, 4) is 0 Å². The smallest absolute Gasteiger partial charge is 0.318 e. The van der Waals surface area contributed by atoms with Crippen molar-refractivity contribution in [2.24, 2.45) is 5.41 Å². The van der Waals surface area contributed by atoms with Crippen LogP contribution in [0.5, 0.6) is 0 Å². The van der Waals surface area contributed by atoms with Crippen LogP contribution in [0, 0.1) is 5.41 Å². The molecular formula is C13H22O10. The molecule has 0 aromatic heterocycles. The second-order valence-electron chi connectivity index (χ2n) is 5.60. The molecule has 5 N–H and O–H groups in total. The van der Waals surface area contributed by atoms with Gasteiger partial charge in [-0.1, -0.05) is 0 Å². The number of hydrogen-bond acceptors (Lipinski definition) is 10. The predicted molar refractivity (Wildman–Crippen MR) is 71.7 cm³/mol. The van der Waals surface area contributed by atoms with Gasteiger partial charge >= 0.3 is 11.9 Å². The van der Waals surface area contributed by atoms with E-state index < -0.39 is 67.9 Å². The van der Waals surface area contributed by atoms with E-state index in [4.69, 9.17) is 19.3 Å². The lowest BCUT2D eigenvalue weighted by Crippen LogP contribution is -2.48. The third kappa shape index (κ3) is 4.59. The van der Waals surface area contributed by atoms with Crippen LogP contribution >= 0.6 is 0 Å². The monoisotopic (exact) mass is 338 g/mol. The largest absolute Gasteiger partial charge is 0.465 e. The first-order valence-corrected chi connectivity index (χ1v) is 6.92. The van der Waals surface area contributed by atoms with E-state index in [1.807, 2.05) is 0 Å². The molecule has 1 aliphatic heterocycles. The highest BCUT2D eigenvalue weighted by Gasteiger charge is 2.50. The Morgan fingerprint density at radius 1 is 1.30 bits per heavy atom. The zero-order chi connectivity index (χ0) is 17.8. The van der Waals surface area contributed by atoms with Gasteiger partial charge in [0.25, 0.3) is 0 Å². The second kappa shape index (κ2) is 7.99. The summed E-state index contributed by atoms with van der Waals surface area (Å²) in [5.74, 6) is -1.69. The first-order chi connectivity index (χ1) is 10.7. The summed E-state index contributed by atoms with van der Waals surface area (Å²) < 4.78 is 14.6. The topological polar surface area (TPSA) is 163 Å². The normalized spacial score (nSPS) is 31.3. The fourth-order valence-electron chi connectivity index (χ4n) is 1.92. The van der Waals surface area contributed by atoms with Crippen molar-refractivity contribution in [3.63, 3.8) is 0 Å². The molecular weight excluding hydrogens is 316 g/mol. The van der Waals surface area contributed by atoms with Crippen LogP contribution in [0.2, 0.25) is 0 Å². The number of esters is 2. The molecule has 6 unspecified atom stereocenters. The van der Waals surface area contributed by atoms with Crippen molar-refractivity contribution in [3.05, 3.63) is 0 Å². The molecule has 23 heavy (non-hydrogen) atoms. The standard InChI is InChI=1S/C13H22O10/c1-6(16)21-5-13(2,4-15)12(20)23-10-8(18)11(19)22-9(10)7(17)3-14/h7-11,14-15,17-19H,3-5H2,1-2H3. The summed E-state index contributed by atoms with van der Waals surface area (Å²) in [4.78, 5) is 23.0. The summed E-state index contributed by atoms with van der Waals surface area (Å²) in [7, 11) is 0. The number of ether oxygens (including phenoxy) is 3. The Labute approximate surface area is 132 Å². The number of carbonyl (C=O) groups excluding carboxylic acids is 2. The van der Waals surface area contributed by atoms with E-state index in [9.17, 15) is 30.0 Å². The lowest BCUT2D eigenvalue weighted by Gasteiger charge is -2.29. The van der Waals surface area contributed by atoms with Crippen LogP contribution in [-0.4, -0.2) is 88.0 Å². The van der Waals surface area contributed by atoms with Crippen LogP contribution < -0.4 is 0 Å². The van der Waals surface area contributed by atoms with Crippen molar-refractivity contribution in [2.75, 3.05) is 19.8 Å². The van der Waals surface area contributed by atoms with Gasteiger partial charge in [-0.05, 0) is 6.92 Å². The van der Waals surface area contributed by atoms with Gasteiger partial charge in [0.15, 0.2) is 12.4 Å². The van der Waals surface area contributed by atoms with E-state index in [1.165, 1.54) is 6.92 Å². The van der Waals surface area contributed by atoms with E-state index in [0.717, 1.165) is 6.92 Å². The Morgan fingerprint density at radius 3 is 2.39 bits per heavy atom. The Hall–Kier alpha value is -1.30. The van der Waals surface area contributed by atoms with Crippen molar-refractivity contribution in [2.45, 2.75) is 44.6 Å². The molecule has 0 radical (unpaired) electrons. The van der Waals surface area contributed by atoms with Gasteiger partial charge in [-0.3, -0.25) is 9.59 Å². The summed E-state index contributed by atoms with van der Waals surface area (Å²) in [6, 6.07) is 0. The molecule has 0 spiro atoms. The minimum Gasteiger partial charge on any atom is -0.465 e. The molecule has 0 aliphatic carbocycles. The number of hydrogen-bond donors (Lipinski definition) is 5. The number of aliphatic hydroxyl groups excluding tert-OH is 5.